The van der Waals surface area contributed by atoms with Gasteiger partial charge in [-0.3, -0.25) is 9.59 Å². The Morgan fingerprint density at radius 2 is 1.38 bits per heavy atom. The standard InChI is InChI=1S/C7H6INO2.C7H6INO/c8-6-3-4(10)1-2-5(6)7(9)11;8-6-4-2-1-3-5(6)7(9)10/h1-3,10H,(H2,9,11);1-4H,(H2,9,10). The van der Waals surface area contributed by atoms with E-state index in [1.165, 1.54) is 18.2 Å². The summed E-state index contributed by atoms with van der Waals surface area (Å²) in [7, 11) is 0. The van der Waals surface area contributed by atoms with Crippen LogP contribution in [0.4, 0.5) is 0 Å². The van der Waals surface area contributed by atoms with Crippen LogP contribution in [0.25, 0.3) is 0 Å². The highest BCUT2D eigenvalue weighted by Crippen LogP contribution is 2.17. The SMILES string of the molecule is NC(=O)c1ccc(O)cc1I.NC(=O)c1ccccc1I. The summed E-state index contributed by atoms with van der Waals surface area (Å²) in [6.45, 7) is 0. The molecule has 0 unspecified atom stereocenters. The number of nitrogens with two attached hydrogens (primary N) is 2. The van der Waals surface area contributed by atoms with Crippen molar-refractivity contribution in [1.29, 1.82) is 0 Å². The first-order chi connectivity index (χ1) is 9.82. The Morgan fingerprint density at radius 1 is 0.857 bits per heavy atom. The number of hydrogen-bond acceptors (Lipinski definition) is 3. The van der Waals surface area contributed by atoms with Crippen LogP contribution < -0.4 is 11.5 Å². The van der Waals surface area contributed by atoms with Gasteiger partial charge in [0.1, 0.15) is 5.75 Å². The summed E-state index contributed by atoms with van der Waals surface area (Å²) in [6, 6.07) is 11.6. The molecule has 0 radical (unpaired) electrons. The van der Waals surface area contributed by atoms with Gasteiger partial charge in [0, 0.05) is 7.14 Å². The van der Waals surface area contributed by atoms with Crippen LogP contribution in [0.1, 0.15) is 20.7 Å². The van der Waals surface area contributed by atoms with E-state index in [0.29, 0.717) is 14.7 Å². The van der Waals surface area contributed by atoms with Crippen molar-refractivity contribution in [1.82, 2.24) is 0 Å². The van der Waals surface area contributed by atoms with Crippen LogP contribution in [-0.2, 0) is 0 Å². The van der Waals surface area contributed by atoms with Gasteiger partial charge in [0.15, 0.2) is 0 Å². The van der Waals surface area contributed by atoms with Crippen molar-refractivity contribution in [2.24, 2.45) is 11.5 Å². The second kappa shape index (κ2) is 8.17. The minimum absolute atomic E-state index is 0.138. The van der Waals surface area contributed by atoms with Crippen molar-refractivity contribution in [3.63, 3.8) is 0 Å². The third-order valence-corrected chi connectivity index (χ3v) is 4.19. The Morgan fingerprint density at radius 3 is 1.81 bits per heavy atom. The van der Waals surface area contributed by atoms with Gasteiger partial charge in [-0.15, -0.1) is 0 Å². The zero-order valence-electron chi connectivity index (χ0n) is 10.7. The molecule has 0 fully saturated rings. The average molecular weight is 510 g/mol. The topological polar surface area (TPSA) is 106 Å². The van der Waals surface area contributed by atoms with Gasteiger partial charge in [0.05, 0.1) is 11.1 Å². The van der Waals surface area contributed by atoms with Crippen LogP contribution in [0, 0.1) is 7.14 Å². The molecule has 0 atom stereocenters. The molecule has 0 aliphatic rings. The number of hydrogen-bond donors (Lipinski definition) is 3. The van der Waals surface area contributed by atoms with Crippen LogP contribution >= 0.6 is 45.2 Å². The van der Waals surface area contributed by atoms with Gasteiger partial charge in [-0.25, -0.2) is 0 Å². The second-order valence-corrected chi connectivity index (χ2v) is 6.20. The van der Waals surface area contributed by atoms with E-state index in [1.807, 2.05) is 34.7 Å². The number of amides is 2. The van der Waals surface area contributed by atoms with Gasteiger partial charge >= 0.3 is 0 Å². The molecule has 0 aliphatic carbocycles. The first kappa shape index (κ1) is 17.7. The third kappa shape index (κ3) is 5.50. The minimum Gasteiger partial charge on any atom is -0.508 e. The quantitative estimate of drug-likeness (QED) is 0.541. The van der Waals surface area contributed by atoms with Gasteiger partial charge in [-0.1, -0.05) is 12.1 Å². The Balaban J connectivity index is 0.000000211. The van der Waals surface area contributed by atoms with E-state index in [1.54, 1.807) is 12.1 Å². The lowest BCUT2D eigenvalue weighted by Gasteiger charge is -1.98. The monoisotopic (exact) mass is 510 g/mol. The predicted molar refractivity (Wildman–Crippen MR) is 97.0 cm³/mol. The predicted octanol–water partition coefficient (Wildman–Crippen LogP) is 2.49. The molecule has 0 saturated heterocycles. The lowest BCUT2D eigenvalue weighted by atomic mass is 10.2. The Bertz CT molecular complexity index is 675. The van der Waals surface area contributed by atoms with E-state index in [-0.39, 0.29) is 11.7 Å². The Kier molecular flexibility index (Phi) is 6.89. The van der Waals surface area contributed by atoms with Crippen LogP contribution in [-0.4, -0.2) is 16.9 Å². The molecule has 5 nitrogen and oxygen atoms in total. The van der Waals surface area contributed by atoms with Crippen molar-refractivity contribution in [3.05, 3.63) is 60.7 Å². The maximum Gasteiger partial charge on any atom is 0.249 e. The fraction of sp³-hybridized carbons (Fsp3) is 0. The highest BCUT2D eigenvalue weighted by molar-refractivity contribution is 14.1. The molecule has 2 amide bonds. The first-order valence-electron chi connectivity index (χ1n) is 5.65. The molecule has 21 heavy (non-hydrogen) atoms. The molecule has 0 bridgehead atoms. The number of benzene rings is 2. The third-order valence-electron chi connectivity index (χ3n) is 2.36. The highest BCUT2D eigenvalue weighted by Gasteiger charge is 2.05. The molecule has 0 heterocycles. The van der Waals surface area contributed by atoms with Crippen LogP contribution in [0.15, 0.2) is 42.5 Å². The molecule has 7 heteroatoms. The molecule has 0 aliphatic heterocycles. The number of aromatic hydroxyl groups is 1. The van der Waals surface area contributed by atoms with Gasteiger partial charge in [-0.2, -0.15) is 0 Å². The highest BCUT2D eigenvalue weighted by atomic mass is 127. The summed E-state index contributed by atoms with van der Waals surface area (Å²) < 4.78 is 1.56. The van der Waals surface area contributed by atoms with Crippen molar-refractivity contribution >= 4 is 57.0 Å². The number of carbonyl (C=O) groups is 2. The Hall–Kier alpha value is -1.36. The number of phenolic OH excluding ortho intramolecular Hbond substituents is 1. The number of rotatable bonds is 2. The molecular formula is C14H12I2N2O3. The van der Waals surface area contributed by atoms with Crippen LogP contribution in [0.2, 0.25) is 0 Å². The van der Waals surface area contributed by atoms with Crippen molar-refractivity contribution in [2.45, 2.75) is 0 Å². The van der Waals surface area contributed by atoms with E-state index < -0.39 is 5.91 Å². The number of carbonyl (C=O) groups excluding carboxylic acids is 2. The largest absolute Gasteiger partial charge is 0.508 e. The number of phenols is 1. The van der Waals surface area contributed by atoms with Crippen LogP contribution in [0.3, 0.4) is 0 Å². The molecule has 0 spiro atoms. The van der Waals surface area contributed by atoms with E-state index in [9.17, 15) is 9.59 Å². The minimum atomic E-state index is -0.477. The molecular weight excluding hydrogens is 498 g/mol. The summed E-state index contributed by atoms with van der Waals surface area (Å²) in [4.78, 5) is 21.3. The second-order valence-electron chi connectivity index (χ2n) is 3.87. The van der Waals surface area contributed by atoms with E-state index in [0.717, 1.165) is 3.57 Å². The van der Waals surface area contributed by atoms with Crippen molar-refractivity contribution in [2.75, 3.05) is 0 Å². The summed E-state index contributed by atoms with van der Waals surface area (Å²) in [5.41, 5.74) is 11.1. The van der Waals surface area contributed by atoms with Gasteiger partial charge in [0.2, 0.25) is 11.8 Å². The van der Waals surface area contributed by atoms with Gasteiger partial charge in [-0.05, 0) is 75.5 Å². The maximum absolute atomic E-state index is 10.7. The zero-order chi connectivity index (χ0) is 16.0. The smallest absolute Gasteiger partial charge is 0.249 e. The number of halogens is 2. The Labute approximate surface area is 149 Å². The fourth-order valence-corrected chi connectivity index (χ4v) is 2.78. The summed E-state index contributed by atoms with van der Waals surface area (Å²) >= 11 is 4.02. The first-order valence-corrected chi connectivity index (χ1v) is 7.81. The lowest BCUT2D eigenvalue weighted by Crippen LogP contribution is -2.12. The molecule has 5 N–H and O–H groups in total. The average Bonchev–Trinajstić information content (AvgIpc) is 2.39. The number of primary amides is 2. The van der Waals surface area contributed by atoms with Crippen LogP contribution in [0.5, 0.6) is 5.75 Å². The zero-order valence-corrected chi connectivity index (χ0v) is 15.0. The summed E-state index contributed by atoms with van der Waals surface area (Å²) in [5, 5.41) is 8.96. The maximum atomic E-state index is 10.7. The van der Waals surface area contributed by atoms with E-state index >= 15 is 0 Å². The van der Waals surface area contributed by atoms with E-state index in [2.05, 4.69) is 22.6 Å². The molecule has 2 rings (SSSR count). The van der Waals surface area contributed by atoms with Crippen molar-refractivity contribution in [3.8, 4) is 5.75 Å². The summed E-state index contributed by atoms with van der Waals surface area (Å²) in [5.74, 6) is -0.709. The molecule has 0 saturated carbocycles. The van der Waals surface area contributed by atoms with E-state index in [4.69, 9.17) is 16.6 Å². The lowest BCUT2D eigenvalue weighted by molar-refractivity contribution is 0.0991. The molecule has 2 aromatic rings. The summed E-state index contributed by atoms with van der Waals surface area (Å²) in [6.07, 6.45) is 0. The molecule has 110 valence electrons. The fourth-order valence-electron chi connectivity index (χ4n) is 1.36. The molecule has 0 aromatic heterocycles. The van der Waals surface area contributed by atoms with Gasteiger partial charge in [0.25, 0.3) is 0 Å². The molecule has 2 aromatic carbocycles. The normalized spacial score (nSPS) is 9.43. The van der Waals surface area contributed by atoms with Gasteiger partial charge < -0.3 is 16.6 Å². The van der Waals surface area contributed by atoms with Crippen molar-refractivity contribution < 1.29 is 14.7 Å².